The van der Waals surface area contributed by atoms with Crippen LogP contribution < -0.4 is 4.74 Å². The van der Waals surface area contributed by atoms with Crippen molar-refractivity contribution in [2.24, 2.45) is 0 Å². The van der Waals surface area contributed by atoms with Crippen molar-refractivity contribution in [1.29, 1.82) is 0 Å². The molecule has 1 atom stereocenters. The zero-order valence-corrected chi connectivity index (χ0v) is 14.2. The zero-order chi connectivity index (χ0) is 15.6. The quantitative estimate of drug-likeness (QED) is 0.841. The zero-order valence-electron chi connectivity index (χ0n) is 12.6. The molecule has 0 saturated carbocycles. The number of rotatable bonds is 5. The summed E-state index contributed by atoms with van der Waals surface area (Å²) in [4.78, 5) is 5.68. The second-order valence-corrected chi connectivity index (χ2v) is 8.22. The lowest BCUT2D eigenvalue weighted by Gasteiger charge is -2.11. The lowest BCUT2D eigenvalue weighted by Crippen LogP contribution is -2.10. The number of benzene rings is 1. The van der Waals surface area contributed by atoms with Crippen molar-refractivity contribution < 1.29 is 13.2 Å². The summed E-state index contributed by atoms with van der Waals surface area (Å²) in [5.41, 5.74) is 0.923. The van der Waals surface area contributed by atoms with E-state index in [1.54, 1.807) is 35.6 Å². The van der Waals surface area contributed by atoms with Crippen LogP contribution in [0.2, 0.25) is 0 Å². The van der Waals surface area contributed by atoms with E-state index >= 15 is 0 Å². The summed E-state index contributed by atoms with van der Waals surface area (Å²) in [5.74, 6) is 0.624. The maximum Gasteiger partial charge on any atom is 0.233 e. The SMILES string of the molecule is CCC(C)Oc1nc(C)sc1-c1ccc(S(C)(=O)=O)cc1. The van der Waals surface area contributed by atoms with Gasteiger partial charge in [-0.3, -0.25) is 0 Å². The predicted molar refractivity (Wildman–Crippen MR) is 85.8 cm³/mol. The molecule has 0 fully saturated rings. The number of aromatic nitrogens is 1. The highest BCUT2D eigenvalue weighted by atomic mass is 32.2. The molecular formula is C15H19NO3S2. The first-order chi connectivity index (χ1) is 9.81. The van der Waals surface area contributed by atoms with E-state index in [4.69, 9.17) is 4.74 Å². The predicted octanol–water partition coefficient (Wildman–Crippen LogP) is 3.70. The summed E-state index contributed by atoms with van der Waals surface area (Å²) in [5, 5.41) is 0.926. The van der Waals surface area contributed by atoms with Gasteiger partial charge in [0.25, 0.3) is 0 Å². The summed E-state index contributed by atoms with van der Waals surface area (Å²) in [6.07, 6.45) is 2.21. The summed E-state index contributed by atoms with van der Waals surface area (Å²) in [7, 11) is -3.17. The van der Waals surface area contributed by atoms with Gasteiger partial charge in [0.15, 0.2) is 9.84 Å². The van der Waals surface area contributed by atoms with Crippen LogP contribution in [0.15, 0.2) is 29.2 Å². The maximum atomic E-state index is 11.5. The minimum Gasteiger partial charge on any atom is -0.474 e. The van der Waals surface area contributed by atoms with Crippen LogP contribution in [-0.4, -0.2) is 25.8 Å². The number of hydrogen-bond donors (Lipinski definition) is 0. The molecule has 0 amide bonds. The average molecular weight is 325 g/mol. The molecule has 0 radical (unpaired) electrons. The molecule has 4 nitrogen and oxygen atoms in total. The van der Waals surface area contributed by atoms with Crippen molar-refractivity contribution in [3.8, 4) is 16.3 Å². The van der Waals surface area contributed by atoms with Gasteiger partial charge in [0.05, 0.1) is 20.9 Å². The highest BCUT2D eigenvalue weighted by Gasteiger charge is 2.15. The normalized spacial score (nSPS) is 13.1. The number of thiazole rings is 1. The third-order valence-corrected chi connectivity index (χ3v) is 5.27. The smallest absolute Gasteiger partial charge is 0.233 e. The van der Waals surface area contributed by atoms with Crippen LogP contribution in [0.3, 0.4) is 0 Å². The third-order valence-electron chi connectivity index (χ3n) is 3.14. The summed E-state index contributed by atoms with van der Waals surface area (Å²) < 4.78 is 28.9. The lowest BCUT2D eigenvalue weighted by atomic mass is 10.2. The second-order valence-electron chi connectivity index (χ2n) is 5.00. The van der Waals surface area contributed by atoms with Gasteiger partial charge in [-0.05, 0) is 38.0 Å². The molecule has 1 aromatic carbocycles. The Morgan fingerprint density at radius 1 is 1.29 bits per heavy atom. The topological polar surface area (TPSA) is 56.3 Å². The molecule has 0 bridgehead atoms. The van der Waals surface area contributed by atoms with Gasteiger partial charge < -0.3 is 4.74 Å². The van der Waals surface area contributed by atoms with Gasteiger partial charge >= 0.3 is 0 Å². The monoisotopic (exact) mass is 325 g/mol. The molecule has 1 unspecified atom stereocenters. The number of nitrogens with zero attached hydrogens (tertiary/aromatic N) is 1. The largest absolute Gasteiger partial charge is 0.474 e. The molecule has 2 rings (SSSR count). The van der Waals surface area contributed by atoms with Crippen molar-refractivity contribution in [2.45, 2.75) is 38.2 Å². The van der Waals surface area contributed by atoms with Crippen molar-refractivity contribution in [3.05, 3.63) is 29.3 Å². The third kappa shape index (κ3) is 3.83. The summed E-state index contributed by atoms with van der Waals surface area (Å²) >= 11 is 1.55. The molecule has 1 heterocycles. The molecule has 0 N–H and O–H groups in total. The van der Waals surface area contributed by atoms with E-state index in [9.17, 15) is 8.42 Å². The molecule has 114 valence electrons. The average Bonchev–Trinajstić information content (AvgIpc) is 2.78. The van der Waals surface area contributed by atoms with Gasteiger partial charge in [0.1, 0.15) is 0 Å². The summed E-state index contributed by atoms with van der Waals surface area (Å²) in [6, 6.07) is 6.83. The molecule has 0 aliphatic heterocycles. The Morgan fingerprint density at radius 3 is 2.43 bits per heavy atom. The van der Waals surface area contributed by atoms with Crippen LogP contribution in [0.25, 0.3) is 10.4 Å². The standard InChI is InChI=1S/C15H19NO3S2/c1-5-10(2)19-15-14(20-11(3)16-15)12-6-8-13(9-7-12)21(4,17)18/h6-10H,5H2,1-4H3. The van der Waals surface area contributed by atoms with Gasteiger partial charge in [-0.1, -0.05) is 19.1 Å². The minimum absolute atomic E-state index is 0.0977. The molecule has 0 aliphatic rings. The molecule has 0 saturated heterocycles. The Kier molecular flexibility index (Phi) is 4.68. The fourth-order valence-corrected chi connectivity index (χ4v) is 3.29. The molecule has 0 aliphatic carbocycles. The Morgan fingerprint density at radius 2 is 1.90 bits per heavy atom. The van der Waals surface area contributed by atoms with Crippen LogP contribution >= 0.6 is 11.3 Å². The lowest BCUT2D eigenvalue weighted by molar-refractivity contribution is 0.210. The van der Waals surface area contributed by atoms with E-state index in [2.05, 4.69) is 11.9 Å². The number of aryl methyl sites for hydroxylation is 1. The Labute approximate surface area is 129 Å². The van der Waals surface area contributed by atoms with E-state index in [0.717, 1.165) is 21.9 Å². The van der Waals surface area contributed by atoms with E-state index in [1.807, 2.05) is 13.8 Å². The molecule has 2 aromatic rings. The van der Waals surface area contributed by atoms with Crippen LogP contribution in [0.5, 0.6) is 5.88 Å². The first-order valence-corrected chi connectivity index (χ1v) is 9.46. The van der Waals surface area contributed by atoms with Crippen molar-refractivity contribution in [2.75, 3.05) is 6.26 Å². The molecular weight excluding hydrogens is 306 g/mol. The molecule has 6 heteroatoms. The van der Waals surface area contributed by atoms with Gasteiger partial charge in [-0.25, -0.2) is 13.4 Å². The first-order valence-electron chi connectivity index (χ1n) is 6.76. The Bertz CT molecular complexity index is 718. The number of hydrogen-bond acceptors (Lipinski definition) is 5. The van der Waals surface area contributed by atoms with Gasteiger partial charge in [-0.2, -0.15) is 0 Å². The minimum atomic E-state index is -3.17. The van der Waals surface area contributed by atoms with Crippen LogP contribution in [0, 0.1) is 6.92 Å². The maximum absolute atomic E-state index is 11.5. The fourth-order valence-electron chi connectivity index (χ4n) is 1.80. The van der Waals surface area contributed by atoms with Gasteiger partial charge in [0, 0.05) is 6.26 Å². The Balaban J connectivity index is 2.38. The van der Waals surface area contributed by atoms with Gasteiger partial charge in [0.2, 0.25) is 5.88 Å². The number of ether oxygens (including phenoxy) is 1. The van der Waals surface area contributed by atoms with Crippen LogP contribution in [0.1, 0.15) is 25.3 Å². The Hall–Kier alpha value is -1.40. The van der Waals surface area contributed by atoms with E-state index in [0.29, 0.717) is 10.8 Å². The fraction of sp³-hybridized carbons (Fsp3) is 0.400. The highest BCUT2D eigenvalue weighted by molar-refractivity contribution is 7.90. The summed E-state index contributed by atoms with van der Waals surface area (Å²) in [6.45, 7) is 6.00. The molecule has 0 spiro atoms. The van der Waals surface area contributed by atoms with Crippen molar-refractivity contribution in [3.63, 3.8) is 0 Å². The first kappa shape index (κ1) is 16.0. The number of sulfone groups is 1. The highest BCUT2D eigenvalue weighted by Crippen LogP contribution is 2.36. The van der Waals surface area contributed by atoms with Crippen LogP contribution in [0.4, 0.5) is 0 Å². The second kappa shape index (κ2) is 6.15. The van der Waals surface area contributed by atoms with E-state index in [1.165, 1.54) is 6.26 Å². The molecule has 1 aromatic heterocycles. The molecule has 21 heavy (non-hydrogen) atoms. The van der Waals surface area contributed by atoms with Crippen LogP contribution in [-0.2, 0) is 9.84 Å². The van der Waals surface area contributed by atoms with E-state index < -0.39 is 9.84 Å². The van der Waals surface area contributed by atoms with Crippen molar-refractivity contribution in [1.82, 2.24) is 4.98 Å². The van der Waals surface area contributed by atoms with E-state index in [-0.39, 0.29) is 6.10 Å². The van der Waals surface area contributed by atoms with Crippen molar-refractivity contribution >= 4 is 21.2 Å². The van der Waals surface area contributed by atoms with Gasteiger partial charge in [-0.15, -0.1) is 11.3 Å².